The molecule has 1 rings (SSSR count). The van der Waals surface area contributed by atoms with Crippen LogP contribution >= 0.6 is 12.6 Å². The minimum atomic E-state index is 0.655. The van der Waals surface area contributed by atoms with E-state index in [2.05, 4.69) is 22.8 Å². The summed E-state index contributed by atoms with van der Waals surface area (Å²) in [6.45, 7) is 0. The maximum atomic E-state index is 3.91. The summed E-state index contributed by atoms with van der Waals surface area (Å²) in [6.07, 6.45) is 1.59. The van der Waals surface area contributed by atoms with Gasteiger partial charge in [-0.15, -0.1) is 17.7 Å². The van der Waals surface area contributed by atoms with Gasteiger partial charge in [-0.3, -0.25) is 0 Å². The molecule has 0 bridgehead atoms. The van der Waals surface area contributed by atoms with Crippen LogP contribution in [-0.2, 0) is 7.05 Å². The van der Waals surface area contributed by atoms with Gasteiger partial charge in [0, 0.05) is 7.05 Å². The van der Waals surface area contributed by atoms with Crippen molar-refractivity contribution in [1.82, 2.24) is 15.0 Å². The lowest BCUT2D eigenvalue weighted by Gasteiger charge is -1.76. The van der Waals surface area contributed by atoms with Gasteiger partial charge < -0.3 is 0 Å². The summed E-state index contributed by atoms with van der Waals surface area (Å²) in [4.78, 5) is 1.46. The summed E-state index contributed by atoms with van der Waals surface area (Å²) < 4.78 is 0. The fourth-order valence-corrected chi connectivity index (χ4v) is 0.516. The summed E-state index contributed by atoms with van der Waals surface area (Å²) in [7, 11) is 1.75. The maximum Gasteiger partial charge on any atom is 0.135 e. The zero-order chi connectivity index (χ0) is 5.28. The molecule has 4 heteroatoms. The molecule has 0 aliphatic carbocycles. The standard InChI is InChI=1S/C3H5N3S/c1-6-4-2-3(7)5-6/h2H,1H3,(H,5,7). The molecule has 0 amide bonds. The van der Waals surface area contributed by atoms with Crippen LogP contribution in [0, 0.1) is 0 Å². The Morgan fingerprint density at radius 1 is 1.86 bits per heavy atom. The number of rotatable bonds is 0. The second-order valence-electron chi connectivity index (χ2n) is 1.19. The molecule has 1 aromatic rings. The van der Waals surface area contributed by atoms with Gasteiger partial charge in [0.1, 0.15) is 5.03 Å². The Labute approximate surface area is 46.7 Å². The Bertz CT molecular complexity index is 142. The third-order valence-electron chi connectivity index (χ3n) is 0.587. The summed E-state index contributed by atoms with van der Waals surface area (Å²) in [6, 6.07) is 0. The van der Waals surface area contributed by atoms with Gasteiger partial charge in [0.2, 0.25) is 0 Å². The molecule has 0 fully saturated rings. The molecule has 3 nitrogen and oxygen atoms in total. The second-order valence-corrected chi connectivity index (χ2v) is 1.65. The molecule has 1 aromatic heterocycles. The smallest absolute Gasteiger partial charge is 0.135 e. The van der Waals surface area contributed by atoms with Crippen molar-refractivity contribution in [3.05, 3.63) is 6.20 Å². The Hall–Kier alpha value is -0.510. The summed E-state index contributed by atoms with van der Waals surface area (Å²) in [5.74, 6) is 0. The lowest BCUT2D eigenvalue weighted by Crippen LogP contribution is -1.90. The highest BCUT2D eigenvalue weighted by Crippen LogP contribution is 1.92. The molecular formula is C3H5N3S. The van der Waals surface area contributed by atoms with E-state index in [-0.39, 0.29) is 0 Å². The topological polar surface area (TPSA) is 30.7 Å². The fraction of sp³-hybridized carbons (Fsp3) is 0.333. The molecule has 7 heavy (non-hydrogen) atoms. The third kappa shape index (κ3) is 0.928. The second kappa shape index (κ2) is 1.54. The highest BCUT2D eigenvalue weighted by Gasteiger charge is 1.84. The number of nitrogens with zero attached hydrogens (tertiary/aromatic N) is 3. The number of aryl methyl sites for hydroxylation is 1. The Balaban J connectivity index is 3.04. The molecule has 0 N–H and O–H groups in total. The first-order valence-corrected chi connectivity index (χ1v) is 2.29. The van der Waals surface area contributed by atoms with Crippen LogP contribution in [0.15, 0.2) is 11.2 Å². The predicted molar refractivity (Wildman–Crippen MR) is 28.3 cm³/mol. The molecule has 0 aromatic carbocycles. The monoisotopic (exact) mass is 115 g/mol. The molecular weight excluding hydrogens is 110 g/mol. The molecule has 0 aliphatic heterocycles. The highest BCUT2D eigenvalue weighted by molar-refractivity contribution is 7.80. The van der Waals surface area contributed by atoms with Gasteiger partial charge in [0.15, 0.2) is 0 Å². The highest BCUT2D eigenvalue weighted by atomic mass is 32.1. The zero-order valence-electron chi connectivity index (χ0n) is 3.87. The molecule has 0 radical (unpaired) electrons. The van der Waals surface area contributed by atoms with Crippen molar-refractivity contribution in [2.45, 2.75) is 5.03 Å². The van der Waals surface area contributed by atoms with Gasteiger partial charge in [0.05, 0.1) is 6.20 Å². The van der Waals surface area contributed by atoms with Gasteiger partial charge in [-0.05, 0) is 0 Å². The van der Waals surface area contributed by atoms with E-state index in [9.17, 15) is 0 Å². The normalized spacial score (nSPS) is 9.43. The lowest BCUT2D eigenvalue weighted by atomic mass is 11.0. The van der Waals surface area contributed by atoms with Gasteiger partial charge in [0.25, 0.3) is 0 Å². The van der Waals surface area contributed by atoms with Crippen molar-refractivity contribution in [1.29, 1.82) is 0 Å². The van der Waals surface area contributed by atoms with Crippen LogP contribution in [0.25, 0.3) is 0 Å². The van der Waals surface area contributed by atoms with E-state index < -0.39 is 0 Å². The first kappa shape index (κ1) is 4.64. The van der Waals surface area contributed by atoms with Crippen LogP contribution in [0.4, 0.5) is 0 Å². The molecule has 0 saturated heterocycles. The van der Waals surface area contributed by atoms with Crippen molar-refractivity contribution >= 4 is 12.6 Å². The number of hydrogen-bond donors (Lipinski definition) is 1. The molecule has 1 heterocycles. The third-order valence-corrected chi connectivity index (χ3v) is 0.792. The first-order valence-electron chi connectivity index (χ1n) is 1.84. The number of thiol groups is 1. The molecule has 0 atom stereocenters. The van der Waals surface area contributed by atoms with Crippen molar-refractivity contribution in [3.63, 3.8) is 0 Å². The van der Waals surface area contributed by atoms with Crippen molar-refractivity contribution in [2.75, 3.05) is 0 Å². The fourth-order valence-electron chi connectivity index (χ4n) is 0.335. The molecule has 0 saturated carbocycles. The summed E-state index contributed by atoms with van der Waals surface area (Å²) >= 11 is 3.91. The average molecular weight is 115 g/mol. The first-order chi connectivity index (χ1) is 3.29. The zero-order valence-corrected chi connectivity index (χ0v) is 4.76. The number of aromatic nitrogens is 3. The van der Waals surface area contributed by atoms with Gasteiger partial charge in [-0.25, -0.2) is 0 Å². The van der Waals surface area contributed by atoms with Crippen LogP contribution in [-0.4, -0.2) is 15.0 Å². The average Bonchev–Trinajstić information content (AvgIpc) is 1.87. The van der Waals surface area contributed by atoms with Gasteiger partial charge in [-0.2, -0.15) is 9.90 Å². The van der Waals surface area contributed by atoms with Crippen molar-refractivity contribution in [3.8, 4) is 0 Å². The van der Waals surface area contributed by atoms with Crippen LogP contribution in [0.3, 0.4) is 0 Å². The Kier molecular flexibility index (Phi) is 1.02. The van der Waals surface area contributed by atoms with Crippen LogP contribution in [0.1, 0.15) is 0 Å². The minimum absolute atomic E-state index is 0.655. The number of hydrogen-bond acceptors (Lipinski definition) is 3. The molecule has 38 valence electrons. The van der Waals surface area contributed by atoms with E-state index in [0.29, 0.717) is 5.03 Å². The van der Waals surface area contributed by atoms with E-state index in [1.807, 2.05) is 0 Å². The molecule has 0 aliphatic rings. The van der Waals surface area contributed by atoms with E-state index in [1.165, 1.54) is 4.80 Å². The van der Waals surface area contributed by atoms with Crippen LogP contribution in [0.2, 0.25) is 0 Å². The summed E-state index contributed by atoms with van der Waals surface area (Å²) in [5, 5.41) is 8.18. The predicted octanol–water partition coefficient (Wildman–Crippen LogP) is 0.104. The van der Waals surface area contributed by atoms with E-state index in [4.69, 9.17) is 0 Å². The van der Waals surface area contributed by atoms with Crippen molar-refractivity contribution < 1.29 is 0 Å². The quantitative estimate of drug-likeness (QED) is 0.486. The van der Waals surface area contributed by atoms with E-state index in [1.54, 1.807) is 13.2 Å². The SMILES string of the molecule is Cn1ncc(S)n1. The van der Waals surface area contributed by atoms with E-state index >= 15 is 0 Å². The van der Waals surface area contributed by atoms with Crippen LogP contribution in [0.5, 0.6) is 0 Å². The van der Waals surface area contributed by atoms with Gasteiger partial charge >= 0.3 is 0 Å². The molecule has 0 unspecified atom stereocenters. The maximum absolute atomic E-state index is 3.91. The molecule has 0 spiro atoms. The van der Waals surface area contributed by atoms with Gasteiger partial charge in [-0.1, -0.05) is 0 Å². The largest absolute Gasteiger partial charge is 0.187 e. The minimum Gasteiger partial charge on any atom is -0.187 e. The van der Waals surface area contributed by atoms with Crippen molar-refractivity contribution in [2.24, 2.45) is 7.05 Å². The Morgan fingerprint density at radius 3 is 2.71 bits per heavy atom. The Morgan fingerprint density at radius 2 is 2.57 bits per heavy atom. The van der Waals surface area contributed by atoms with Crippen LogP contribution < -0.4 is 0 Å². The lowest BCUT2D eigenvalue weighted by molar-refractivity contribution is 0.641. The van der Waals surface area contributed by atoms with E-state index in [0.717, 1.165) is 0 Å². The summed E-state index contributed by atoms with van der Waals surface area (Å²) in [5.41, 5.74) is 0.